The number of hydrogen-bond donors (Lipinski definition) is 1. The molecule has 14 heavy (non-hydrogen) atoms. The summed E-state index contributed by atoms with van der Waals surface area (Å²) in [5, 5.41) is 3.27. The quantitative estimate of drug-likeness (QED) is 0.702. The summed E-state index contributed by atoms with van der Waals surface area (Å²) in [6, 6.07) is 0. The van der Waals surface area contributed by atoms with Crippen LogP contribution in [0, 0.1) is 0 Å². The van der Waals surface area contributed by atoms with E-state index in [-0.39, 0.29) is 17.6 Å². The van der Waals surface area contributed by atoms with Crippen molar-refractivity contribution in [2.75, 3.05) is 6.54 Å². The van der Waals surface area contributed by atoms with E-state index in [0.29, 0.717) is 0 Å². The molecule has 1 fully saturated rings. The molecule has 1 N–H and O–H groups in total. The second-order valence-electron chi connectivity index (χ2n) is 4.09. The third-order valence-corrected chi connectivity index (χ3v) is 3.12. The molecule has 82 valence electrons. The molecule has 1 heterocycles. The van der Waals surface area contributed by atoms with Gasteiger partial charge in [0, 0.05) is 0 Å². The minimum atomic E-state index is -0.385. The number of hydrogen-bond acceptors (Lipinski definition) is 3. The molecule has 0 spiro atoms. The SMILES string of the molecule is CCC(C)OC(=O)C1(CC)CCCN1. The molecule has 3 heteroatoms. The molecule has 0 aromatic rings. The maximum Gasteiger partial charge on any atom is 0.326 e. The molecular formula is C11H21NO2. The molecule has 1 rings (SSSR count). The lowest BCUT2D eigenvalue weighted by atomic mass is 9.94. The Morgan fingerprint density at radius 3 is 2.71 bits per heavy atom. The van der Waals surface area contributed by atoms with Gasteiger partial charge in [0.25, 0.3) is 0 Å². The molecular weight excluding hydrogens is 178 g/mol. The van der Waals surface area contributed by atoms with Crippen LogP contribution in [0.15, 0.2) is 0 Å². The molecule has 0 aromatic heterocycles. The number of ether oxygens (including phenoxy) is 1. The topological polar surface area (TPSA) is 38.3 Å². The van der Waals surface area contributed by atoms with Gasteiger partial charge in [0.05, 0.1) is 6.10 Å². The van der Waals surface area contributed by atoms with E-state index < -0.39 is 0 Å². The normalized spacial score (nSPS) is 28.8. The Morgan fingerprint density at radius 1 is 1.57 bits per heavy atom. The molecule has 0 aliphatic carbocycles. The molecule has 1 aliphatic heterocycles. The molecule has 1 aliphatic rings. The molecule has 0 bridgehead atoms. The monoisotopic (exact) mass is 199 g/mol. The predicted octanol–water partition coefficient (Wildman–Crippen LogP) is 1.86. The van der Waals surface area contributed by atoms with Crippen molar-refractivity contribution in [3.63, 3.8) is 0 Å². The zero-order valence-electron chi connectivity index (χ0n) is 9.43. The molecule has 1 saturated heterocycles. The first kappa shape index (κ1) is 11.5. The van der Waals surface area contributed by atoms with E-state index in [1.807, 2.05) is 20.8 Å². The van der Waals surface area contributed by atoms with Crippen molar-refractivity contribution in [2.45, 2.75) is 58.1 Å². The van der Waals surface area contributed by atoms with Crippen LogP contribution in [0.2, 0.25) is 0 Å². The summed E-state index contributed by atoms with van der Waals surface area (Å²) in [6.07, 6.45) is 3.73. The van der Waals surface area contributed by atoms with Gasteiger partial charge in [-0.25, -0.2) is 0 Å². The van der Waals surface area contributed by atoms with Gasteiger partial charge in [-0.2, -0.15) is 0 Å². The van der Waals surface area contributed by atoms with Gasteiger partial charge >= 0.3 is 5.97 Å². The van der Waals surface area contributed by atoms with Gasteiger partial charge in [-0.3, -0.25) is 4.79 Å². The van der Waals surface area contributed by atoms with E-state index in [1.165, 1.54) is 0 Å². The number of carbonyl (C=O) groups excluding carboxylic acids is 1. The Morgan fingerprint density at radius 2 is 2.29 bits per heavy atom. The highest BCUT2D eigenvalue weighted by Crippen LogP contribution is 2.25. The predicted molar refractivity (Wildman–Crippen MR) is 56.1 cm³/mol. The number of carbonyl (C=O) groups is 1. The maximum atomic E-state index is 11.9. The molecule has 2 atom stereocenters. The van der Waals surface area contributed by atoms with Gasteiger partial charge in [0.2, 0.25) is 0 Å². The van der Waals surface area contributed by atoms with E-state index in [1.54, 1.807) is 0 Å². The summed E-state index contributed by atoms with van der Waals surface area (Å²) in [5.74, 6) is -0.0631. The van der Waals surface area contributed by atoms with Crippen molar-refractivity contribution in [1.29, 1.82) is 0 Å². The van der Waals surface area contributed by atoms with Gasteiger partial charge in [0.1, 0.15) is 5.54 Å². The lowest BCUT2D eigenvalue weighted by Gasteiger charge is -2.27. The average molecular weight is 199 g/mol. The Labute approximate surface area is 86.2 Å². The van der Waals surface area contributed by atoms with Gasteiger partial charge in [-0.1, -0.05) is 13.8 Å². The largest absolute Gasteiger partial charge is 0.461 e. The highest BCUT2D eigenvalue weighted by atomic mass is 16.5. The van der Waals surface area contributed by atoms with Crippen LogP contribution >= 0.6 is 0 Å². The van der Waals surface area contributed by atoms with Gasteiger partial charge in [0.15, 0.2) is 0 Å². The number of rotatable bonds is 4. The molecule has 3 nitrogen and oxygen atoms in total. The second-order valence-corrected chi connectivity index (χ2v) is 4.09. The van der Waals surface area contributed by atoms with Crippen LogP contribution in [0.4, 0.5) is 0 Å². The summed E-state index contributed by atoms with van der Waals surface area (Å²) in [4.78, 5) is 11.9. The van der Waals surface area contributed by atoms with E-state index in [9.17, 15) is 4.79 Å². The van der Waals surface area contributed by atoms with E-state index in [2.05, 4.69) is 5.32 Å². The molecule has 0 aromatic carbocycles. The third kappa shape index (κ3) is 2.27. The van der Waals surface area contributed by atoms with E-state index in [0.717, 1.165) is 32.2 Å². The summed E-state index contributed by atoms with van der Waals surface area (Å²) < 4.78 is 5.38. The van der Waals surface area contributed by atoms with Crippen LogP contribution in [0.3, 0.4) is 0 Å². The highest BCUT2D eigenvalue weighted by Gasteiger charge is 2.41. The van der Waals surface area contributed by atoms with Gasteiger partial charge < -0.3 is 10.1 Å². The zero-order chi connectivity index (χ0) is 10.6. The fourth-order valence-corrected chi connectivity index (χ4v) is 1.81. The highest BCUT2D eigenvalue weighted by molar-refractivity contribution is 5.81. The zero-order valence-corrected chi connectivity index (χ0v) is 9.43. The van der Waals surface area contributed by atoms with Crippen molar-refractivity contribution in [3.8, 4) is 0 Å². The standard InChI is InChI=1S/C11H21NO2/c1-4-9(3)14-10(13)11(5-2)7-6-8-12-11/h9,12H,4-8H2,1-3H3. The maximum absolute atomic E-state index is 11.9. The summed E-state index contributed by atoms with van der Waals surface area (Å²) >= 11 is 0. The number of esters is 1. The van der Waals surface area contributed by atoms with Crippen LogP contribution in [-0.2, 0) is 9.53 Å². The molecule has 0 saturated carbocycles. The fraction of sp³-hybridized carbons (Fsp3) is 0.909. The van der Waals surface area contributed by atoms with E-state index >= 15 is 0 Å². The Bertz CT molecular complexity index is 197. The minimum Gasteiger partial charge on any atom is -0.461 e. The third-order valence-electron chi connectivity index (χ3n) is 3.12. The Balaban J connectivity index is 2.56. The van der Waals surface area contributed by atoms with Crippen molar-refractivity contribution < 1.29 is 9.53 Å². The summed E-state index contributed by atoms with van der Waals surface area (Å²) in [7, 11) is 0. The lowest BCUT2D eigenvalue weighted by molar-refractivity contribution is -0.156. The second kappa shape index (κ2) is 4.78. The van der Waals surface area contributed by atoms with E-state index in [4.69, 9.17) is 4.74 Å². The minimum absolute atomic E-state index is 0.0355. The lowest BCUT2D eigenvalue weighted by Crippen LogP contribution is -2.48. The van der Waals surface area contributed by atoms with Crippen molar-refractivity contribution in [2.24, 2.45) is 0 Å². The van der Waals surface area contributed by atoms with Crippen molar-refractivity contribution >= 4 is 5.97 Å². The first-order valence-electron chi connectivity index (χ1n) is 5.60. The van der Waals surface area contributed by atoms with Crippen molar-refractivity contribution in [3.05, 3.63) is 0 Å². The van der Waals surface area contributed by atoms with Crippen LogP contribution < -0.4 is 5.32 Å². The first-order chi connectivity index (χ1) is 6.64. The Hall–Kier alpha value is -0.570. The smallest absolute Gasteiger partial charge is 0.326 e. The Kier molecular flexibility index (Phi) is 3.93. The van der Waals surface area contributed by atoms with Gasteiger partial charge in [-0.15, -0.1) is 0 Å². The molecule has 0 amide bonds. The van der Waals surface area contributed by atoms with Crippen LogP contribution in [0.1, 0.15) is 46.5 Å². The summed E-state index contributed by atoms with van der Waals surface area (Å²) in [6.45, 7) is 6.94. The van der Waals surface area contributed by atoms with Crippen LogP contribution in [-0.4, -0.2) is 24.2 Å². The fourth-order valence-electron chi connectivity index (χ4n) is 1.81. The first-order valence-corrected chi connectivity index (χ1v) is 5.60. The van der Waals surface area contributed by atoms with Crippen LogP contribution in [0.5, 0.6) is 0 Å². The average Bonchev–Trinajstić information content (AvgIpc) is 2.67. The number of nitrogens with one attached hydrogen (secondary N) is 1. The van der Waals surface area contributed by atoms with Crippen LogP contribution in [0.25, 0.3) is 0 Å². The van der Waals surface area contributed by atoms with Gasteiger partial charge in [-0.05, 0) is 39.2 Å². The molecule has 2 unspecified atom stereocenters. The molecule has 0 radical (unpaired) electrons. The van der Waals surface area contributed by atoms with Crippen molar-refractivity contribution in [1.82, 2.24) is 5.32 Å². The summed E-state index contributed by atoms with van der Waals surface area (Å²) in [5.41, 5.74) is -0.385.